The molecule has 1 heterocycles. The summed E-state index contributed by atoms with van der Waals surface area (Å²) in [6, 6.07) is 20.7. The highest BCUT2D eigenvalue weighted by molar-refractivity contribution is 6.20. The number of ether oxygens (including phenoxy) is 2. The van der Waals surface area contributed by atoms with E-state index >= 15 is 0 Å². The Morgan fingerprint density at radius 3 is 2.24 bits per heavy atom. The molecule has 1 amide bonds. The number of amides is 1. The first kappa shape index (κ1) is 18.7. The predicted octanol–water partition coefficient (Wildman–Crippen LogP) is 4.54. The Morgan fingerprint density at radius 2 is 1.55 bits per heavy atom. The first-order chi connectivity index (χ1) is 14.1. The summed E-state index contributed by atoms with van der Waals surface area (Å²) in [5, 5.41) is 3.03. The normalized spacial score (nSPS) is 15.6. The van der Waals surface area contributed by atoms with Crippen LogP contribution in [-0.2, 0) is 4.79 Å². The maximum absolute atomic E-state index is 13.2. The lowest BCUT2D eigenvalue weighted by molar-refractivity contribution is -0.117. The lowest BCUT2D eigenvalue weighted by atomic mass is 9.99. The fourth-order valence-electron chi connectivity index (χ4n) is 3.57. The second-order valence-corrected chi connectivity index (χ2v) is 6.84. The van der Waals surface area contributed by atoms with Crippen molar-refractivity contribution in [2.24, 2.45) is 4.99 Å². The minimum Gasteiger partial charge on any atom is -0.493 e. The molecule has 29 heavy (non-hydrogen) atoms. The van der Waals surface area contributed by atoms with Gasteiger partial charge >= 0.3 is 0 Å². The van der Waals surface area contributed by atoms with Gasteiger partial charge in [-0.25, -0.2) is 0 Å². The molecule has 0 bridgehead atoms. The van der Waals surface area contributed by atoms with Crippen molar-refractivity contribution < 1.29 is 14.3 Å². The highest BCUT2D eigenvalue weighted by Crippen LogP contribution is 2.38. The first-order valence-corrected chi connectivity index (χ1v) is 9.38. The maximum atomic E-state index is 13.2. The number of nitrogens with zero attached hydrogens (tertiary/aromatic N) is 1. The summed E-state index contributed by atoms with van der Waals surface area (Å²) in [7, 11) is 3.17. The van der Waals surface area contributed by atoms with Gasteiger partial charge in [-0.05, 0) is 24.1 Å². The lowest BCUT2D eigenvalue weighted by Gasteiger charge is -2.15. The van der Waals surface area contributed by atoms with E-state index in [0.29, 0.717) is 17.2 Å². The minimum absolute atomic E-state index is 0.182. The van der Waals surface area contributed by atoms with Crippen molar-refractivity contribution in [1.29, 1.82) is 0 Å². The molecule has 0 aliphatic carbocycles. The molecule has 1 aliphatic heterocycles. The second kappa shape index (κ2) is 7.80. The SMILES string of the molecule is COc1cc2c(cc1OC)C(c1ccccc1)=NC(c1ccccc1C)C(=O)N2. The average molecular weight is 386 g/mol. The summed E-state index contributed by atoms with van der Waals surface area (Å²) >= 11 is 0. The van der Waals surface area contributed by atoms with Gasteiger partial charge in [-0.1, -0.05) is 54.6 Å². The standard InChI is InChI=1S/C24H22N2O3/c1-15-9-7-8-12-17(15)23-24(27)25-19-14-21(29-3)20(28-2)13-18(19)22(26-23)16-10-5-4-6-11-16/h4-14,23H,1-3H3,(H,25,27). The van der Waals surface area contributed by atoms with E-state index < -0.39 is 6.04 Å². The van der Waals surface area contributed by atoms with Crippen LogP contribution in [0.4, 0.5) is 5.69 Å². The van der Waals surface area contributed by atoms with Crippen molar-refractivity contribution >= 4 is 17.3 Å². The number of hydrogen-bond donors (Lipinski definition) is 1. The Hall–Kier alpha value is -3.60. The summed E-state index contributed by atoms with van der Waals surface area (Å²) in [6.07, 6.45) is 0. The number of rotatable bonds is 4. The number of hydrogen-bond acceptors (Lipinski definition) is 4. The molecule has 3 aromatic carbocycles. The quantitative estimate of drug-likeness (QED) is 0.716. The third-order valence-corrected chi connectivity index (χ3v) is 5.07. The molecule has 1 aliphatic rings. The molecule has 1 unspecified atom stereocenters. The molecule has 0 aromatic heterocycles. The van der Waals surface area contributed by atoms with Gasteiger partial charge in [0.1, 0.15) is 0 Å². The average Bonchev–Trinajstić information content (AvgIpc) is 2.89. The molecular formula is C24H22N2O3. The van der Waals surface area contributed by atoms with Crippen molar-refractivity contribution in [3.05, 3.63) is 89.0 Å². The number of aliphatic imine (C=N–C) groups is 1. The monoisotopic (exact) mass is 386 g/mol. The zero-order valence-corrected chi connectivity index (χ0v) is 16.6. The Balaban J connectivity index is 1.97. The van der Waals surface area contributed by atoms with E-state index in [0.717, 1.165) is 28.0 Å². The van der Waals surface area contributed by atoms with E-state index in [2.05, 4.69) is 5.32 Å². The summed E-state index contributed by atoms with van der Waals surface area (Å²) in [4.78, 5) is 18.1. The van der Waals surface area contributed by atoms with Gasteiger partial charge in [-0.3, -0.25) is 9.79 Å². The number of fused-ring (bicyclic) bond motifs is 1. The number of benzodiazepines with no additional fused rings is 1. The van der Waals surface area contributed by atoms with Crippen LogP contribution in [-0.4, -0.2) is 25.8 Å². The van der Waals surface area contributed by atoms with E-state index in [4.69, 9.17) is 14.5 Å². The zero-order chi connectivity index (χ0) is 20.4. The lowest BCUT2D eigenvalue weighted by Crippen LogP contribution is -2.19. The Labute approximate surface area is 170 Å². The van der Waals surface area contributed by atoms with E-state index in [-0.39, 0.29) is 5.91 Å². The largest absolute Gasteiger partial charge is 0.493 e. The minimum atomic E-state index is -0.657. The highest BCUT2D eigenvalue weighted by Gasteiger charge is 2.29. The van der Waals surface area contributed by atoms with Crippen molar-refractivity contribution in [2.75, 3.05) is 19.5 Å². The third-order valence-electron chi connectivity index (χ3n) is 5.07. The van der Waals surface area contributed by atoms with Crippen molar-refractivity contribution in [2.45, 2.75) is 13.0 Å². The first-order valence-electron chi connectivity index (χ1n) is 9.38. The molecule has 0 saturated carbocycles. The fraction of sp³-hybridized carbons (Fsp3) is 0.167. The maximum Gasteiger partial charge on any atom is 0.253 e. The molecule has 3 aromatic rings. The predicted molar refractivity (Wildman–Crippen MR) is 114 cm³/mol. The van der Waals surface area contributed by atoms with Gasteiger partial charge in [0.05, 0.1) is 25.6 Å². The van der Waals surface area contributed by atoms with Crippen molar-refractivity contribution in [1.82, 2.24) is 0 Å². The van der Waals surface area contributed by atoms with Crippen LogP contribution >= 0.6 is 0 Å². The number of carbonyl (C=O) groups is 1. The summed E-state index contributed by atoms with van der Waals surface area (Å²) in [5.41, 5.74) is 4.99. The van der Waals surface area contributed by atoms with Crippen molar-refractivity contribution in [3.63, 3.8) is 0 Å². The molecule has 1 N–H and O–H groups in total. The van der Waals surface area contributed by atoms with Gasteiger partial charge in [-0.2, -0.15) is 0 Å². The number of carbonyl (C=O) groups excluding carboxylic acids is 1. The Bertz CT molecular complexity index is 1090. The number of aryl methyl sites for hydroxylation is 1. The van der Waals surface area contributed by atoms with E-state index in [9.17, 15) is 4.79 Å². The highest BCUT2D eigenvalue weighted by atomic mass is 16.5. The smallest absolute Gasteiger partial charge is 0.253 e. The van der Waals surface area contributed by atoms with E-state index in [1.807, 2.05) is 67.6 Å². The molecule has 0 saturated heterocycles. The molecule has 0 spiro atoms. The molecule has 5 nitrogen and oxygen atoms in total. The molecule has 4 rings (SSSR count). The topological polar surface area (TPSA) is 59.9 Å². The van der Waals surface area contributed by atoms with Gasteiger partial charge < -0.3 is 14.8 Å². The number of benzene rings is 3. The fourth-order valence-corrected chi connectivity index (χ4v) is 3.57. The van der Waals surface area contributed by atoms with Gasteiger partial charge in [0.2, 0.25) is 0 Å². The van der Waals surface area contributed by atoms with Crippen LogP contribution < -0.4 is 14.8 Å². The van der Waals surface area contributed by atoms with Crippen LogP contribution in [0, 0.1) is 6.92 Å². The van der Waals surface area contributed by atoms with Gasteiger partial charge in [0, 0.05) is 17.2 Å². The Kier molecular flexibility index (Phi) is 5.04. The molecule has 0 radical (unpaired) electrons. The molecule has 5 heteroatoms. The van der Waals surface area contributed by atoms with Crippen molar-refractivity contribution in [3.8, 4) is 11.5 Å². The summed E-state index contributed by atoms with van der Waals surface area (Å²) < 4.78 is 10.9. The van der Waals surface area contributed by atoms with Crippen LogP contribution in [0.3, 0.4) is 0 Å². The number of methoxy groups -OCH3 is 2. The summed E-state index contributed by atoms with van der Waals surface area (Å²) in [5.74, 6) is 0.950. The van der Waals surface area contributed by atoms with E-state index in [1.54, 1.807) is 20.3 Å². The number of nitrogens with one attached hydrogen (secondary N) is 1. The van der Waals surface area contributed by atoms with Crippen LogP contribution in [0.2, 0.25) is 0 Å². The molecular weight excluding hydrogens is 364 g/mol. The van der Waals surface area contributed by atoms with E-state index in [1.165, 1.54) is 0 Å². The molecule has 0 fully saturated rings. The Morgan fingerprint density at radius 1 is 0.897 bits per heavy atom. The molecule has 1 atom stereocenters. The van der Waals surface area contributed by atoms with Crippen LogP contribution in [0.25, 0.3) is 0 Å². The van der Waals surface area contributed by atoms with Crippen LogP contribution in [0.15, 0.2) is 71.7 Å². The van der Waals surface area contributed by atoms with Gasteiger partial charge in [0.15, 0.2) is 17.5 Å². The van der Waals surface area contributed by atoms with Crippen LogP contribution in [0.5, 0.6) is 11.5 Å². The third kappa shape index (κ3) is 3.47. The summed E-state index contributed by atoms with van der Waals surface area (Å²) in [6.45, 7) is 1.99. The van der Waals surface area contributed by atoms with Crippen LogP contribution in [0.1, 0.15) is 28.3 Å². The molecule has 146 valence electrons. The zero-order valence-electron chi connectivity index (χ0n) is 16.6. The van der Waals surface area contributed by atoms with Gasteiger partial charge in [0.25, 0.3) is 5.91 Å². The second-order valence-electron chi connectivity index (χ2n) is 6.84. The van der Waals surface area contributed by atoms with Gasteiger partial charge in [-0.15, -0.1) is 0 Å². The number of anilines is 1.